The van der Waals surface area contributed by atoms with Gasteiger partial charge >= 0.3 is 12.3 Å². The maximum atomic E-state index is 12.9. The molecule has 0 aliphatic rings. The predicted molar refractivity (Wildman–Crippen MR) is 80.7 cm³/mol. The standard InChI is InChI=1S/C15H21F3N2O3/c1-14(2,3)23-13(21)20-11-6-5-9(7-12(11)22-4)10(8-19)15(16,17)18/h5-7,10H,8,19H2,1-4H3,(H,20,21). The summed E-state index contributed by atoms with van der Waals surface area (Å²) >= 11 is 0. The number of alkyl halides is 3. The van der Waals surface area contributed by atoms with Crippen molar-refractivity contribution in [1.29, 1.82) is 0 Å². The molecule has 1 rings (SSSR count). The Bertz CT molecular complexity index is 554. The van der Waals surface area contributed by atoms with Gasteiger partial charge in [0.15, 0.2) is 0 Å². The summed E-state index contributed by atoms with van der Waals surface area (Å²) in [5, 5.41) is 2.44. The molecule has 0 bridgehead atoms. The van der Waals surface area contributed by atoms with E-state index in [0.29, 0.717) is 0 Å². The van der Waals surface area contributed by atoms with E-state index in [1.165, 1.54) is 25.3 Å². The fraction of sp³-hybridized carbons (Fsp3) is 0.533. The van der Waals surface area contributed by atoms with Gasteiger partial charge in [-0.15, -0.1) is 0 Å². The van der Waals surface area contributed by atoms with E-state index >= 15 is 0 Å². The fourth-order valence-corrected chi connectivity index (χ4v) is 1.90. The molecule has 1 atom stereocenters. The van der Waals surface area contributed by atoms with Crippen molar-refractivity contribution in [2.45, 2.75) is 38.5 Å². The molecule has 0 aliphatic carbocycles. The highest BCUT2D eigenvalue weighted by molar-refractivity contribution is 5.87. The predicted octanol–water partition coefficient (Wildman–Crippen LogP) is 3.65. The molecule has 1 unspecified atom stereocenters. The van der Waals surface area contributed by atoms with E-state index in [0.717, 1.165) is 0 Å². The molecule has 1 amide bonds. The zero-order valence-corrected chi connectivity index (χ0v) is 13.5. The average Bonchev–Trinajstić information content (AvgIpc) is 2.37. The largest absolute Gasteiger partial charge is 0.495 e. The first kappa shape index (κ1) is 19.1. The Morgan fingerprint density at radius 1 is 1.30 bits per heavy atom. The van der Waals surface area contributed by atoms with Crippen molar-refractivity contribution in [3.8, 4) is 5.75 Å². The minimum Gasteiger partial charge on any atom is -0.495 e. The van der Waals surface area contributed by atoms with Crippen LogP contribution in [0, 0.1) is 0 Å². The van der Waals surface area contributed by atoms with Crippen LogP contribution in [0.15, 0.2) is 18.2 Å². The Labute approximate surface area is 132 Å². The van der Waals surface area contributed by atoms with E-state index in [1.807, 2.05) is 0 Å². The van der Waals surface area contributed by atoms with Crippen LogP contribution in [0.5, 0.6) is 5.75 Å². The molecule has 5 nitrogen and oxygen atoms in total. The second-order valence-corrected chi connectivity index (χ2v) is 5.92. The summed E-state index contributed by atoms with van der Waals surface area (Å²) in [6.45, 7) is 4.51. The lowest BCUT2D eigenvalue weighted by molar-refractivity contribution is -0.148. The van der Waals surface area contributed by atoms with Gasteiger partial charge in [-0.1, -0.05) is 6.07 Å². The van der Waals surface area contributed by atoms with Crippen molar-refractivity contribution in [2.75, 3.05) is 19.0 Å². The molecule has 0 fully saturated rings. The number of nitrogens with two attached hydrogens (primary N) is 1. The molecule has 3 N–H and O–H groups in total. The summed E-state index contributed by atoms with van der Waals surface area (Å²) in [6.07, 6.45) is -5.19. The Kier molecular flexibility index (Phi) is 5.87. The Balaban J connectivity index is 3.03. The minimum atomic E-state index is -4.46. The van der Waals surface area contributed by atoms with E-state index in [4.69, 9.17) is 15.2 Å². The first-order valence-electron chi connectivity index (χ1n) is 6.92. The van der Waals surface area contributed by atoms with Crippen LogP contribution < -0.4 is 15.8 Å². The zero-order chi connectivity index (χ0) is 17.8. The lowest BCUT2D eigenvalue weighted by Crippen LogP contribution is -2.28. The number of benzene rings is 1. The van der Waals surface area contributed by atoms with Crippen molar-refractivity contribution < 1.29 is 27.4 Å². The lowest BCUT2D eigenvalue weighted by Gasteiger charge is -2.22. The third-order valence-electron chi connectivity index (χ3n) is 2.89. The van der Waals surface area contributed by atoms with Gasteiger partial charge in [-0.05, 0) is 38.5 Å². The summed E-state index contributed by atoms with van der Waals surface area (Å²) < 4.78 is 48.9. The topological polar surface area (TPSA) is 73.6 Å². The van der Waals surface area contributed by atoms with E-state index in [9.17, 15) is 18.0 Å². The van der Waals surface area contributed by atoms with Crippen molar-refractivity contribution in [3.05, 3.63) is 23.8 Å². The maximum Gasteiger partial charge on any atom is 0.412 e. The summed E-state index contributed by atoms with van der Waals surface area (Å²) in [6, 6.07) is 3.78. The van der Waals surface area contributed by atoms with Gasteiger partial charge in [0.1, 0.15) is 11.4 Å². The van der Waals surface area contributed by atoms with Gasteiger partial charge in [0.05, 0.1) is 18.7 Å². The highest BCUT2D eigenvalue weighted by Crippen LogP contribution is 2.37. The number of carbonyl (C=O) groups excluding carboxylic acids is 1. The van der Waals surface area contributed by atoms with Crippen molar-refractivity contribution in [3.63, 3.8) is 0 Å². The third-order valence-corrected chi connectivity index (χ3v) is 2.89. The SMILES string of the molecule is COc1cc(C(CN)C(F)(F)F)ccc1NC(=O)OC(C)(C)C. The van der Waals surface area contributed by atoms with Crippen LogP contribution in [0.2, 0.25) is 0 Å². The van der Waals surface area contributed by atoms with Gasteiger partial charge in [-0.25, -0.2) is 4.79 Å². The lowest BCUT2D eigenvalue weighted by atomic mass is 9.98. The van der Waals surface area contributed by atoms with Gasteiger partial charge in [-0.2, -0.15) is 13.2 Å². The van der Waals surface area contributed by atoms with Crippen molar-refractivity contribution >= 4 is 11.8 Å². The molecular formula is C15H21F3N2O3. The first-order chi connectivity index (χ1) is 10.5. The van der Waals surface area contributed by atoms with Crippen LogP contribution in [-0.4, -0.2) is 31.5 Å². The van der Waals surface area contributed by atoms with Crippen LogP contribution in [0.4, 0.5) is 23.7 Å². The molecule has 1 aromatic carbocycles. The van der Waals surface area contributed by atoms with Gasteiger partial charge < -0.3 is 15.2 Å². The van der Waals surface area contributed by atoms with Gasteiger partial charge in [0, 0.05) is 6.54 Å². The van der Waals surface area contributed by atoms with Gasteiger partial charge in [-0.3, -0.25) is 5.32 Å². The van der Waals surface area contributed by atoms with Crippen molar-refractivity contribution in [1.82, 2.24) is 0 Å². The molecular weight excluding hydrogens is 313 g/mol. The molecule has 0 radical (unpaired) electrons. The average molecular weight is 334 g/mol. The molecule has 0 aliphatic heterocycles. The van der Waals surface area contributed by atoms with Gasteiger partial charge in [0.2, 0.25) is 0 Å². The number of hydrogen-bond acceptors (Lipinski definition) is 4. The number of rotatable bonds is 4. The quantitative estimate of drug-likeness (QED) is 0.881. The summed E-state index contributed by atoms with van der Waals surface area (Å²) in [5.74, 6) is -1.71. The third kappa shape index (κ3) is 5.63. The van der Waals surface area contributed by atoms with Gasteiger partial charge in [0.25, 0.3) is 0 Å². The molecule has 23 heavy (non-hydrogen) atoms. The number of hydrogen-bond donors (Lipinski definition) is 2. The smallest absolute Gasteiger partial charge is 0.412 e. The molecule has 0 saturated heterocycles. The molecule has 1 aromatic rings. The van der Waals surface area contributed by atoms with Crippen LogP contribution in [0.1, 0.15) is 32.3 Å². The zero-order valence-electron chi connectivity index (χ0n) is 13.5. The van der Waals surface area contributed by atoms with E-state index in [-0.39, 0.29) is 17.0 Å². The fourth-order valence-electron chi connectivity index (χ4n) is 1.90. The van der Waals surface area contributed by atoms with Crippen LogP contribution >= 0.6 is 0 Å². The van der Waals surface area contributed by atoms with Crippen molar-refractivity contribution in [2.24, 2.45) is 5.73 Å². The Morgan fingerprint density at radius 2 is 1.91 bits per heavy atom. The molecule has 130 valence electrons. The Morgan fingerprint density at radius 3 is 2.35 bits per heavy atom. The van der Waals surface area contributed by atoms with Crippen LogP contribution in [-0.2, 0) is 4.74 Å². The number of methoxy groups -OCH3 is 1. The second kappa shape index (κ2) is 7.08. The van der Waals surface area contributed by atoms with E-state index in [1.54, 1.807) is 20.8 Å². The molecule has 0 saturated carbocycles. The number of anilines is 1. The monoisotopic (exact) mass is 334 g/mol. The summed E-state index contributed by atoms with van der Waals surface area (Å²) in [5.41, 5.74) is 4.70. The molecule has 8 heteroatoms. The Hall–Kier alpha value is -1.96. The minimum absolute atomic E-state index is 0.0356. The number of halogens is 3. The highest BCUT2D eigenvalue weighted by atomic mass is 19.4. The van der Waals surface area contributed by atoms with E-state index in [2.05, 4.69) is 5.32 Å². The van der Waals surface area contributed by atoms with Crippen LogP contribution in [0.3, 0.4) is 0 Å². The summed E-state index contributed by atoms with van der Waals surface area (Å²) in [7, 11) is 1.30. The number of carbonyl (C=O) groups is 1. The summed E-state index contributed by atoms with van der Waals surface area (Å²) in [4.78, 5) is 11.7. The first-order valence-corrected chi connectivity index (χ1v) is 6.92. The maximum absolute atomic E-state index is 12.9. The number of nitrogens with one attached hydrogen (secondary N) is 1. The molecule has 0 spiro atoms. The molecule has 0 aromatic heterocycles. The normalized spacial score (nSPS) is 13.4. The highest BCUT2D eigenvalue weighted by Gasteiger charge is 2.40. The van der Waals surface area contributed by atoms with E-state index < -0.39 is 30.3 Å². The second-order valence-electron chi connectivity index (χ2n) is 5.92. The molecule has 0 heterocycles. The van der Waals surface area contributed by atoms with Crippen LogP contribution in [0.25, 0.3) is 0 Å². The number of amides is 1. The number of ether oxygens (including phenoxy) is 2.